The Hall–Kier alpha value is -3.61. The van der Waals surface area contributed by atoms with Crippen LogP contribution < -0.4 is 16.4 Å². The second-order valence-corrected chi connectivity index (χ2v) is 5.86. The van der Waals surface area contributed by atoms with Gasteiger partial charge in [0.2, 0.25) is 0 Å². The second-order valence-electron chi connectivity index (χ2n) is 5.86. The molecule has 7 heteroatoms. The fraction of sp³-hybridized carbons (Fsp3) is 0.105. The maximum atomic E-state index is 12.5. The Labute approximate surface area is 151 Å². The first-order valence-electron chi connectivity index (χ1n) is 8.08. The number of nitrogens with two attached hydrogens (primary N) is 1. The van der Waals surface area contributed by atoms with E-state index in [9.17, 15) is 4.79 Å². The molecular formula is C19H20N6O. The summed E-state index contributed by atoms with van der Waals surface area (Å²) in [6.45, 7) is 0.584. The molecule has 3 rings (SSSR count). The highest BCUT2D eigenvalue weighted by atomic mass is 16.1. The number of nitrogens with zero attached hydrogens (tertiary/aromatic N) is 2. The molecule has 0 unspecified atom stereocenters. The van der Waals surface area contributed by atoms with Crippen molar-refractivity contribution in [2.45, 2.75) is 6.54 Å². The smallest absolute Gasteiger partial charge is 0.255 e. The number of carbonyl (C=O) groups is 1. The lowest BCUT2D eigenvalue weighted by Crippen LogP contribution is -2.14. The van der Waals surface area contributed by atoms with E-state index in [0.29, 0.717) is 29.0 Å². The number of benzene rings is 2. The lowest BCUT2D eigenvalue weighted by Gasteiger charge is -2.12. The van der Waals surface area contributed by atoms with Crippen LogP contribution in [-0.4, -0.2) is 21.9 Å². The average molecular weight is 348 g/mol. The Balaban J connectivity index is 1.74. The van der Waals surface area contributed by atoms with E-state index in [1.54, 1.807) is 53.3 Å². The van der Waals surface area contributed by atoms with Gasteiger partial charge >= 0.3 is 0 Å². The fourth-order valence-electron chi connectivity index (χ4n) is 2.55. The Morgan fingerprint density at radius 3 is 2.77 bits per heavy atom. The van der Waals surface area contributed by atoms with Gasteiger partial charge in [0.05, 0.1) is 17.6 Å². The van der Waals surface area contributed by atoms with Crippen molar-refractivity contribution in [1.82, 2.24) is 9.78 Å². The van der Waals surface area contributed by atoms with Crippen LogP contribution in [0.3, 0.4) is 0 Å². The number of rotatable bonds is 6. The van der Waals surface area contributed by atoms with E-state index in [1.807, 2.05) is 13.2 Å². The molecule has 7 nitrogen and oxygen atoms in total. The molecule has 0 spiro atoms. The number of amides is 1. The number of aryl methyl sites for hydroxylation is 1. The van der Waals surface area contributed by atoms with E-state index in [2.05, 4.69) is 15.7 Å². The first kappa shape index (κ1) is 17.2. The molecule has 26 heavy (non-hydrogen) atoms. The summed E-state index contributed by atoms with van der Waals surface area (Å²) in [5, 5.41) is 17.8. The summed E-state index contributed by atoms with van der Waals surface area (Å²) in [4.78, 5) is 12.5. The highest BCUT2D eigenvalue weighted by molar-refractivity contribution is 6.07. The zero-order chi connectivity index (χ0) is 18.5. The van der Waals surface area contributed by atoms with Gasteiger partial charge in [0, 0.05) is 48.4 Å². The SMILES string of the molecule is Cn1cc(CNc2ccc(C(=O)Nc3ccccc3N)cc2C=N)cn1. The molecule has 0 aliphatic rings. The van der Waals surface area contributed by atoms with Crippen LogP contribution in [0.2, 0.25) is 0 Å². The van der Waals surface area contributed by atoms with Crippen LogP contribution in [-0.2, 0) is 13.6 Å². The molecule has 1 amide bonds. The van der Waals surface area contributed by atoms with Crippen molar-refractivity contribution in [2.24, 2.45) is 7.05 Å². The van der Waals surface area contributed by atoms with Gasteiger partial charge in [-0.3, -0.25) is 9.48 Å². The molecule has 132 valence electrons. The molecule has 2 aromatic carbocycles. The number of hydrogen-bond donors (Lipinski definition) is 4. The topological polar surface area (TPSA) is 109 Å². The third-order valence-electron chi connectivity index (χ3n) is 3.92. The van der Waals surface area contributed by atoms with Gasteiger partial charge in [-0.15, -0.1) is 0 Å². The number of hydrogen-bond acceptors (Lipinski definition) is 5. The second kappa shape index (κ2) is 7.52. The van der Waals surface area contributed by atoms with E-state index in [1.165, 1.54) is 6.21 Å². The zero-order valence-corrected chi connectivity index (χ0v) is 14.4. The predicted molar refractivity (Wildman–Crippen MR) is 104 cm³/mol. The van der Waals surface area contributed by atoms with Crippen molar-refractivity contribution in [3.05, 3.63) is 71.5 Å². The fourth-order valence-corrected chi connectivity index (χ4v) is 2.55. The van der Waals surface area contributed by atoms with E-state index in [0.717, 1.165) is 11.3 Å². The van der Waals surface area contributed by atoms with Crippen LogP contribution in [0.4, 0.5) is 17.1 Å². The number of anilines is 3. The summed E-state index contributed by atoms with van der Waals surface area (Å²) < 4.78 is 1.73. The number of para-hydroxylation sites is 2. The first-order valence-corrected chi connectivity index (χ1v) is 8.08. The van der Waals surface area contributed by atoms with Crippen molar-refractivity contribution in [3.63, 3.8) is 0 Å². The Morgan fingerprint density at radius 1 is 1.27 bits per heavy atom. The summed E-state index contributed by atoms with van der Waals surface area (Å²) in [5.41, 5.74) is 9.82. The van der Waals surface area contributed by atoms with Crippen LogP contribution in [0.25, 0.3) is 0 Å². The normalized spacial score (nSPS) is 10.3. The molecule has 0 fully saturated rings. The lowest BCUT2D eigenvalue weighted by atomic mass is 10.1. The summed E-state index contributed by atoms with van der Waals surface area (Å²) in [6, 6.07) is 12.3. The van der Waals surface area contributed by atoms with Gasteiger partial charge in [-0.25, -0.2) is 0 Å². The molecule has 1 aromatic heterocycles. The largest absolute Gasteiger partial charge is 0.397 e. The van der Waals surface area contributed by atoms with Crippen LogP contribution in [0, 0.1) is 5.41 Å². The Bertz CT molecular complexity index is 947. The van der Waals surface area contributed by atoms with Gasteiger partial charge in [0.25, 0.3) is 5.91 Å². The minimum Gasteiger partial charge on any atom is -0.397 e. The van der Waals surface area contributed by atoms with Crippen molar-refractivity contribution in [1.29, 1.82) is 5.41 Å². The first-order chi connectivity index (χ1) is 12.6. The van der Waals surface area contributed by atoms with E-state index < -0.39 is 0 Å². The summed E-state index contributed by atoms with van der Waals surface area (Å²) in [5.74, 6) is -0.273. The molecule has 0 saturated heterocycles. The maximum absolute atomic E-state index is 12.5. The van der Waals surface area contributed by atoms with Crippen molar-refractivity contribution < 1.29 is 4.79 Å². The number of nitrogens with one attached hydrogen (secondary N) is 3. The zero-order valence-electron chi connectivity index (χ0n) is 14.4. The van der Waals surface area contributed by atoms with Gasteiger partial charge in [0.1, 0.15) is 0 Å². The number of aromatic nitrogens is 2. The van der Waals surface area contributed by atoms with Gasteiger partial charge in [0.15, 0.2) is 0 Å². The molecule has 0 bridgehead atoms. The Morgan fingerprint density at radius 2 is 2.08 bits per heavy atom. The maximum Gasteiger partial charge on any atom is 0.255 e. The van der Waals surface area contributed by atoms with Crippen LogP contribution in [0.1, 0.15) is 21.5 Å². The van der Waals surface area contributed by atoms with E-state index in [-0.39, 0.29) is 5.91 Å². The molecule has 0 aliphatic heterocycles. The van der Waals surface area contributed by atoms with Gasteiger partial charge in [-0.1, -0.05) is 12.1 Å². The van der Waals surface area contributed by atoms with Crippen molar-refractivity contribution in [3.8, 4) is 0 Å². The minimum absolute atomic E-state index is 0.273. The van der Waals surface area contributed by atoms with Gasteiger partial charge in [-0.2, -0.15) is 5.10 Å². The van der Waals surface area contributed by atoms with Gasteiger partial charge < -0.3 is 21.8 Å². The monoisotopic (exact) mass is 348 g/mol. The molecule has 1 heterocycles. The van der Waals surface area contributed by atoms with Crippen LogP contribution in [0.15, 0.2) is 54.9 Å². The molecule has 0 atom stereocenters. The molecule has 0 radical (unpaired) electrons. The Kier molecular flexibility index (Phi) is 4.98. The molecular weight excluding hydrogens is 328 g/mol. The summed E-state index contributed by atoms with van der Waals surface area (Å²) >= 11 is 0. The third kappa shape index (κ3) is 3.89. The van der Waals surface area contributed by atoms with Crippen molar-refractivity contribution in [2.75, 3.05) is 16.4 Å². The highest BCUT2D eigenvalue weighted by Gasteiger charge is 2.10. The molecule has 5 N–H and O–H groups in total. The van der Waals surface area contributed by atoms with Gasteiger partial charge in [-0.05, 0) is 30.3 Å². The third-order valence-corrected chi connectivity index (χ3v) is 3.92. The van der Waals surface area contributed by atoms with Crippen LogP contribution in [0.5, 0.6) is 0 Å². The number of nitrogen functional groups attached to an aromatic ring is 1. The van der Waals surface area contributed by atoms with Crippen LogP contribution >= 0.6 is 0 Å². The summed E-state index contributed by atoms with van der Waals surface area (Å²) in [7, 11) is 1.86. The lowest BCUT2D eigenvalue weighted by molar-refractivity contribution is 0.102. The minimum atomic E-state index is -0.273. The van der Waals surface area contributed by atoms with Crippen molar-refractivity contribution >= 4 is 29.2 Å². The van der Waals surface area contributed by atoms with E-state index >= 15 is 0 Å². The van der Waals surface area contributed by atoms with E-state index in [4.69, 9.17) is 11.1 Å². The highest BCUT2D eigenvalue weighted by Crippen LogP contribution is 2.20. The standard InChI is InChI=1S/C19H20N6O/c1-25-12-13(11-23-25)10-22-17-7-6-14(8-15(17)9-20)19(26)24-18-5-3-2-4-16(18)21/h2-9,11-12,20,22H,10,21H2,1H3,(H,24,26). The quantitative estimate of drug-likeness (QED) is 0.406. The molecule has 0 saturated carbocycles. The molecule has 3 aromatic rings. The molecule has 0 aliphatic carbocycles. The number of carbonyl (C=O) groups excluding carboxylic acids is 1. The average Bonchev–Trinajstić information content (AvgIpc) is 3.07. The predicted octanol–water partition coefficient (Wildman–Crippen LogP) is 2.86. The summed E-state index contributed by atoms with van der Waals surface area (Å²) in [6.07, 6.45) is 4.92.